The second kappa shape index (κ2) is 6.24. The van der Waals surface area contributed by atoms with Crippen molar-refractivity contribution in [3.05, 3.63) is 28.2 Å². The van der Waals surface area contributed by atoms with Gasteiger partial charge in [0.25, 0.3) is 0 Å². The first-order valence-corrected chi connectivity index (χ1v) is 7.71. The van der Waals surface area contributed by atoms with Gasteiger partial charge in [0.05, 0.1) is 10.0 Å². The minimum Gasteiger partial charge on any atom is -0.328 e. The Balaban J connectivity index is 2.08. The van der Waals surface area contributed by atoms with Crippen LogP contribution in [0, 0.1) is 0 Å². The molecule has 1 unspecified atom stereocenters. The fourth-order valence-corrected chi connectivity index (χ4v) is 2.68. The number of rotatable bonds is 4. The molecule has 0 saturated carbocycles. The number of nitrogens with one attached hydrogen (secondary N) is 1. The van der Waals surface area contributed by atoms with Gasteiger partial charge in [-0.1, -0.05) is 30.1 Å². The van der Waals surface area contributed by atoms with Crippen molar-refractivity contribution in [1.82, 2.24) is 4.90 Å². The number of amides is 2. The number of nitrogens with zero attached hydrogens (tertiary/aromatic N) is 1. The largest absolute Gasteiger partial charge is 0.328 e. The molecule has 1 aliphatic heterocycles. The van der Waals surface area contributed by atoms with Crippen LogP contribution in [0.1, 0.15) is 33.1 Å². The molecule has 1 fully saturated rings. The fraction of sp³-hybridized carbons (Fsp3) is 0.467. The number of halogens is 2. The predicted octanol–water partition coefficient (Wildman–Crippen LogP) is 3.72. The van der Waals surface area contributed by atoms with Crippen molar-refractivity contribution >= 4 is 40.7 Å². The maximum absolute atomic E-state index is 12.5. The summed E-state index contributed by atoms with van der Waals surface area (Å²) >= 11 is 11.8. The van der Waals surface area contributed by atoms with Gasteiger partial charge in [-0.3, -0.25) is 9.59 Å². The second-order valence-corrected chi connectivity index (χ2v) is 6.22. The lowest BCUT2D eigenvalue weighted by Gasteiger charge is -2.49. The van der Waals surface area contributed by atoms with E-state index in [-0.39, 0.29) is 11.8 Å². The van der Waals surface area contributed by atoms with Gasteiger partial charge in [0, 0.05) is 18.7 Å². The van der Waals surface area contributed by atoms with Crippen LogP contribution < -0.4 is 5.32 Å². The summed E-state index contributed by atoms with van der Waals surface area (Å²) < 4.78 is 0. The van der Waals surface area contributed by atoms with Crippen LogP contribution in [0.5, 0.6) is 0 Å². The van der Waals surface area contributed by atoms with Crippen LogP contribution in [-0.2, 0) is 9.59 Å². The monoisotopic (exact) mass is 328 g/mol. The molecule has 1 atom stereocenters. The molecule has 1 aliphatic rings. The molecule has 0 aliphatic carbocycles. The smallest absolute Gasteiger partial charge is 0.250 e. The highest BCUT2D eigenvalue weighted by Crippen LogP contribution is 2.33. The molecule has 114 valence electrons. The topological polar surface area (TPSA) is 49.4 Å². The van der Waals surface area contributed by atoms with E-state index in [0.29, 0.717) is 35.1 Å². The van der Waals surface area contributed by atoms with Crippen LogP contribution in [0.25, 0.3) is 0 Å². The van der Waals surface area contributed by atoms with Gasteiger partial charge in [-0.05, 0) is 38.0 Å². The van der Waals surface area contributed by atoms with Gasteiger partial charge in [-0.25, -0.2) is 0 Å². The lowest BCUT2D eigenvalue weighted by molar-refractivity contribution is -0.154. The molecule has 4 nitrogen and oxygen atoms in total. The van der Waals surface area contributed by atoms with Crippen LogP contribution in [0.4, 0.5) is 5.69 Å². The van der Waals surface area contributed by atoms with Crippen molar-refractivity contribution in [2.24, 2.45) is 0 Å². The first kappa shape index (κ1) is 16.1. The van der Waals surface area contributed by atoms with Crippen LogP contribution in [0.2, 0.25) is 10.0 Å². The number of likely N-dealkylation sites (tertiary alicyclic amines) is 1. The molecule has 2 amide bonds. The third kappa shape index (κ3) is 3.16. The lowest BCUT2D eigenvalue weighted by atomic mass is 9.85. The summed E-state index contributed by atoms with van der Waals surface area (Å²) in [5.74, 6) is -0.174. The first-order chi connectivity index (χ1) is 9.88. The molecular formula is C15H18Cl2N2O2. The minimum atomic E-state index is -0.779. The van der Waals surface area contributed by atoms with Crippen molar-refractivity contribution in [2.75, 3.05) is 11.9 Å². The standard InChI is InChI=1S/C15H18Cl2N2O2/c1-3-4-13(20)19-8-7-15(19,2)14(21)18-10-5-6-11(16)12(17)9-10/h5-6,9H,3-4,7-8H2,1-2H3,(H,18,21). The molecule has 0 radical (unpaired) electrons. The molecule has 1 heterocycles. The first-order valence-electron chi connectivity index (χ1n) is 6.95. The maximum atomic E-state index is 12.5. The molecule has 1 saturated heterocycles. The summed E-state index contributed by atoms with van der Waals surface area (Å²) in [6, 6.07) is 4.91. The van der Waals surface area contributed by atoms with E-state index in [1.807, 2.05) is 6.92 Å². The highest BCUT2D eigenvalue weighted by molar-refractivity contribution is 6.42. The lowest BCUT2D eigenvalue weighted by Crippen LogP contribution is -2.66. The van der Waals surface area contributed by atoms with Crippen LogP contribution >= 0.6 is 23.2 Å². The summed E-state index contributed by atoms with van der Waals surface area (Å²) in [7, 11) is 0. The zero-order chi connectivity index (χ0) is 15.6. The third-order valence-electron chi connectivity index (χ3n) is 3.85. The number of hydrogen-bond donors (Lipinski definition) is 1. The van der Waals surface area contributed by atoms with Crippen molar-refractivity contribution in [3.63, 3.8) is 0 Å². The van der Waals surface area contributed by atoms with E-state index in [9.17, 15) is 9.59 Å². The second-order valence-electron chi connectivity index (χ2n) is 5.40. The fourth-order valence-electron chi connectivity index (χ4n) is 2.38. The van der Waals surface area contributed by atoms with Crippen molar-refractivity contribution in [2.45, 2.75) is 38.6 Å². The molecular weight excluding hydrogens is 311 g/mol. The van der Waals surface area contributed by atoms with Crippen molar-refractivity contribution in [3.8, 4) is 0 Å². The van der Waals surface area contributed by atoms with Crippen LogP contribution in [0.3, 0.4) is 0 Å². The Morgan fingerprint density at radius 1 is 1.33 bits per heavy atom. The van der Waals surface area contributed by atoms with Gasteiger partial charge in [0.2, 0.25) is 11.8 Å². The number of carbonyl (C=O) groups excluding carboxylic acids is 2. The summed E-state index contributed by atoms with van der Waals surface area (Å²) in [5, 5.41) is 3.62. The zero-order valence-electron chi connectivity index (χ0n) is 12.1. The van der Waals surface area contributed by atoms with Gasteiger partial charge in [-0.15, -0.1) is 0 Å². The number of hydrogen-bond acceptors (Lipinski definition) is 2. The molecule has 0 aromatic heterocycles. The molecule has 2 rings (SSSR count). The Morgan fingerprint density at radius 2 is 2.05 bits per heavy atom. The van der Waals surface area contributed by atoms with Gasteiger partial charge >= 0.3 is 0 Å². The Morgan fingerprint density at radius 3 is 2.57 bits per heavy atom. The minimum absolute atomic E-state index is 0.0236. The summed E-state index contributed by atoms with van der Waals surface area (Å²) in [5.41, 5.74) is -0.205. The molecule has 1 N–H and O–H groups in total. The SMILES string of the molecule is CCCC(=O)N1CCC1(C)C(=O)Nc1ccc(Cl)c(Cl)c1. The summed E-state index contributed by atoms with van der Waals surface area (Å²) in [6.45, 7) is 4.37. The van der Waals surface area contributed by atoms with Crippen LogP contribution in [0.15, 0.2) is 18.2 Å². The maximum Gasteiger partial charge on any atom is 0.250 e. The average Bonchev–Trinajstić information content (AvgIpc) is 2.41. The normalized spacial score (nSPS) is 20.9. The van der Waals surface area contributed by atoms with Crippen LogP contribution in [-0.4, -0.2) is 28.8 Å². The molecule has 1 aromatic rings. The zero-order valence-corrected chi connectivity index (χ0v) is 13.6. The molecule has 21 heavy (non-hydrogen) atoms. The van der Waals surface area contributed by atoms with E-state index in [0.717, 1.165) is 6.42 Å². The van der Waals surface area contributed by atoms with E-state index in [1.165, 1.54) is 0 Å². The van der Waals surface area contributed by atoms with Gasteiger partial charge in [0.15, 0.2) is 0 Å². The Bertz CT molecular complexity index is 577. The molecule has 0 bridgehead atoms. The Hall–Kier alpha value is -1.26. The van der Waals surface area contributed by atoms with E-state index in [1.54, 1.807) is 30.0 Å². The molecule has 0 spiro atoms. The van der Waals surface area contributed by atoms with E-state index in [4.69, 9.17) is 23.2 Å². The Labute approximate surface area is 134 Å². The third-order valence-corrected chi connectivity index (χ3v) is 4.59. The molecule has 1 aromatic carbocycles. The Kier molecular flexibility index (Phi) is 4.79. The van der Waals surface area contributed by atoms with Gasteiger partial charge in [0.1, 0.15) is 5.54 Å². The number of benzene rings is 1. The van der Waals surface area contributed by atoms with Crippen molar-refractivity contribution in [1.29, 1.82) is 0 Å². The summed E-state index contributed by atoms with van der Waals surface area (Å²) in [4.78, 5) is 26.1. The predicted molar refractivity (Wildman–Crippen MR) is 84.7 cm³/mol. The van der Waals surface area contributed by atoms with Crippen molar-refractivity contribution < 1.29 is 9.59 Å². The number of anilines is 1. The number of carbonyl (C=O) groups is 2. The highest BCUT2D eigenvalue weighted by Gasteiger charge is 2.48. The van der Waals surface area contributed by atoms with Gasteiger partial charge in [-0.2, -0.15) is 0 Å². The van der Waals surface area contributed by atoms with E-state index in [2.05, 4.69) is 5.32 Å². The van der Waals surface area contributed by atoms with E-state index < -0.39 is 5.54 Å². The molecule has 6 heteroatoms. The average molecular weight is 329 g/mol. The quantitative estimate of drug-likeness (QED) is 0.915. The van der Waals surface area contributed by atoms with E-state index >= 15 is 0 Å². The highest BCUT2D eigenvalue weighted by atomic mass is 35.5. The summed E-state index contributed by atoms with van der Waals surface area (Å²) in [6.07, 6.45) is 1.91. The van der Waals surface area contributed by atoms with Gasteiger partial charge < -0.3 is 10.2 Å².